The first-order valence-corrected chi connectivity index (χ1v) is 7.98. The van der Waals surface area contributed by atoms with E-state index in [2.05, 4.69) is 32.3 Å². The lowest BCUT2D eigenvalue weighted by Gasteiger charge is -2.33. The highest BCUT2D eigenvalue weighted by molar-refractivity contribution is 5.67. The monoisotopic (exact) mass is 322 g/mol. The molecule has 1 aromatic heterocycles. The lowest BCUT2D eigenvalue weighted by Crippen LogP contribution is -2.43. The Labute approximate surface area is 136 Å². The maximum absolute atomic E-state index is 11.8. The number of tetrazole rings is 1. The third kappa shape index (κ3) is 5.22. The molecule has 1 atom stereocenters. The maximum atomic E-state index is 11.8. The highest BCUT2D eigenvalue weighted by Crippen LogP contribution is 2.20. The molecule has 1 unspecified atom stereocenters. The van der Waals surface area contributed by atoms with E-state index in [9.17, 15) is 4.79 Å². The molecule has 0 saturated carbocycles. The number of alkyl carbamates (subject to hydrolysis) is 1. The Balaban J connectivity index is 1.87. The van der Waals surface area contributed by atoms with E-state index in [1.165, 1.54) is 0 Å². The second kappa shape index (κ2) is 7.43. The Morgan fingerprint density at radius 3 is 3.00 bits per heavy atom. The number of allylic oxidation sites excluding steroid dienone is 1. The molecule has 128 valence electrons. The van der Waals surface area contributed by atoms with Crippen LogP contribution in [0.25, 0.3) is 0 Å². The van der Waals surface area contributed by atoms with Crippen molar-refractivity contribution in [3.63, 3.8) is 0 Å². The summed E-state index contributed by atoms with van der Waals surface area (Å²) in [4.78, 5) is 13.9. The lowest BCUT2D eigenvalue weighted by atomic mass is 9.98. The first kappa shape index (κ1) is 17.2. The first-order valence-electron chi connectivity index (χ1n) is 7.98. The molecule has 1 aromatic rings. The summed E-state index contributed by atoms with van der Waals surface area (Å²) in [7, 11) is 0. The number of nitrogens with zero attached hydrogens (tertiary/aromatic N) is 5. The van der Waals surface area contributed by atoms with Crippen LogP contribution < -0.4 is 10.2 Å². The van der Waals surface area contributed by atoms with E-state index in [1.54, 1.807) is 10.8 Å². The minimum atomic E-state index is -0.477. The standard InChI is InChI=1S/C15H26N6O2/c1-5-8-21-13(17-18-19-21)20-9-6-7-12(11-20)10-16-14(22)23-15(2,3)4/h5,12H,1,6-11H2,2-4H3,(H,16,22). The van der Waals surface area contributed by atoms with Crippen molar-refractivity contribution in [2.45, 2.75) is 45.8 Å². The molecular formula is C15H26N6O2. The van der Waals surface area contributed by atoms with Crippen molar-refractivity contribution >= 4 is 12.0 Å². The second-order valence-electron chi connectivity index (χ2n) is 6.79. The van der Waals surface area contributed by atoms with Gasteiger partial charge in [-0.15, -0.1) is 6.58 Å². The lowest BCUT2D eigenvalue weighted by molar-refractivity contribution is 0.0517. The number of piperidine rings is 1. The fraction of sp³-hybridized carbons (Fsp3) is 0.733. The molecule has 0 spiro atoms. The normalized spacial score (nSPS) is 18.6. The molecule has 1 N–H and O–H groups in total. The van der Waals surface area contributed by atoms with Crippen molar-refractivity contribution in [1.29, 1.82) is 0 Å². The van der Waals surface area contributed by atoms with Gasteiger partial charge in [0.05, 0.1) is 6.54 Å². The van der Waals surface area contributed by atoms with Crippen LogP contribution in [0.2, 0.25) is 0 Å². The van der Waals surface area contributed by atoms with Crippen LogP contribution in [0.3, 0.4) is 0 Å². The SMILES string of the molecule is C=CCn1nnnc1N1CCCC(CNC(=O)OC(C)(C)C)C1. The summed E-state index contributed by atoms with van der Waals surface area (Å²) in [6.07, 6.45) is 3.51. The zero-order chi connectivity index (χ0) is 16.9. The first-order chi connectivity index (χ1) is 10.9. The number of rotatable bonds is 5. The number of hydrogen-bond donors (Lipinski definition) is 1. The molecule has 0 radical (unpaired) electrons. The Hall–Kier alpha value is -2.12. The molecular weight excluding hydrogens is 296 g/mol. The van der Waals surface area contributed by atoms with E-state index >= 15 is 0 Å². The summed E-state index contributed by atoms with van der Waals surface area (Å²) >= 11 is 0. The van der Waals surface area contributed by atoms with Crippen LogP contribution in [-0.2, 0) is 11.3 Å². The molecule has 1 fully saturated rings. The van der Waals surface area contributed by atoms with Gasteiger partial charge in [0.15, 0.2) is 0 Å². The van der Waals surface area contributed by atoms with Gasteiger partial charge in [0.25, 0.3) is 0 Å². The molecule has 2 heterocycles. The van der Waals surface area contributed by atoms with Gasteiger partial charge in [0.2, 0.25) is 5.95 Å². The van der Waals surface area contributed by atoms with Gasteiger partial charge in [-0.25, -0.2) is 9.48 Å². The number of nitrogens with one attached hydrogen (secondary N) is 1. The number of carbonyl (C=O) groups excluding carboxylic acids is 1. The van der Waals surface area contributed by atoms with Gasteiger partial charge in [0, 0.05) is 19.6 Å². The second-order valence-corrected chi connectivity index (χ2v) is 6.79. The topological polar surface area (TPSA) is 85.2 Å². The minimum Gasteiger partial charge on any atom is -0.444 e. The number of anilines is 1. The Morgan fingerprint density at radius 1 is 1.52 bits per heavy atom. The molecule has 1 aliphatic rings. The van der Waals surface area contributed by atoms with Crippen LogP contribution in [0.4, 0.5) is 10.7 Å². The van der Waals surface area contributed by atoms with Crippen molar-refractivity contribution in [2.24, 2.45) is 5.92 Å². The van der Waals surface area contributed by atoms with Gasteiger partial charge in [-0.2, -0.15) is 0 Å². The van der Waals surface area contributed by atoms with E-state index < -0.39 is 5.60 Å². The average Bonchev–Trinajstić information content (AvgIpc) is 2.92. The predicted molar refractivity (Wildman–Crippen MR) is 87.2 cm³/mol. The summed E-state index contributed by atoms with van der Waals surface area (Å²) in [5, 5.41) is 14.7. The van der Waals surface area contributed by atoms with Crippen molar-refractivity contribution < 1.29 is 9.53 Å². The molecule has 0 aromatic carbocycles. The molecule has 0 bridgehead atoms. The summed E-state index contributed by atoms with van der Waals surface area (Å²) in [6.45, 7) is 12.2. The van der Waals surface area contributed by atoms with Gasteiger partial charge < -0.3 is 15.0 Å². The zero-order valence-electron chi connectivity index (χ0n) is 14.2. The van der Waals surface area contributed by atoms with E-state index in [0.717, 1.165) is 31.9 Å². The summed E-state index contributed by atoms with van der Waals surface area (Å²) in [5.41, 5.74) is -0.477. The van der Waals surface area contributed by atoms with E-state index in [1.807, 2.05) is 20.8 Å². The molecule has 8 heteroatoms. The Kier molecular flexibility index (Phi) is 5.57. The highest BCUT2D eigenvalue weighted by atomic mass is 16.6. The number of ether oxygens (including phenoxy) is 1. The predicted octanol–water partition coefficient (Wildman–Crippen LogP) is 1.60. The summed E-state index contributed by atoms with van der Waals surface area (Å²) < 4.78 is 7.00. The van der Waals surface area contributed by atoms with Crippen LogP contribution in [0.5, 0.6) is 0 Å². The number of hydrogen-bond acceptors (Lipinski definition) is 6. The Morgan fingerprint density at radius 2 is 2.30 bits per heavy atom. The van der Waals surface area contributed by atoms with Gasteiger partial charge in [0.1, 0.15) is 5.60 Å². The van der Waals surface area contributed by atoms with Gasteiger partial charge in [-0.05, 0) is 50.0 Å². The van der Waals surface area contributed by atoms with E-state index in [4.69, 9.17) is 4.74 Å². The minimum absolute atomic E-state index is 0.352. The molecule has 1 amide bonds. The van der Waals surface area contributed by atoms with E-state index in [0.29, 0.717) is 19.0 Å². The largest absolute Gasteiger partial charge is 0.444 e. The quantitative estimate of drug-likeness (QED) is 0.829. The van der Waals surface area contributed by atoms with Crippen LogP contribution in [0.1, 0.15) is 33.6 Å². The highest BCUT2D eigenvalue weighted by Gasteiger charge is 2.25. The smallest absolute Gasteiger partial charge is 0.407 e. The molecule has 8 nitrogen and oxygen atoms in total. The van der Waals surface area contributed by atoms with Gasteiger partial charge in [-0.1, -0.05) is 11.2 Å². The van der Waals surface area contributed by atoms with E-state index in [-0.39, 0.29) is 6.09 Å². The van der Waals surface area contributed by atoms with Crippen molar-refractivity contribution in [3.05, 3.63) is 12.7 Å². The van der Waals surface area contributed by atoms with Crippen molar-refractivity contribution in [2.75, 3.05) is 24.5 Å². The number of amides is 1. The molecule has 23 heavy (non-hydrogen) atoms. The summed E-state index contributed by atoms with van der Waals surface area (Å²) in [6, 6.07) is 0. The average molecular weight is 322 g/mol. The number of aromatic nitrogens is 4. The van der Waals surface area contributed by atoms with Crippen molar-refractivity contribution in [1.82, 2.24) is 25.5 Å². The van der Waals surface area contributed by atoms with Crippen LogP contribution in [0.15, 0.2) is 12.7 Å². The molecule has 0 aliphatic carbocycles. The molecule has 2 rings (SSSR count). The maximum Gasteiger partial charge on any atom is 0.407 e. The third-order valence-electron chi connectivity index (χ3n) is 3.55. The fourth-order valence-electron chi connectivity index (χ4n) is 2.62. The number of carbonyl (C=O) groups is 1. The van der Waals surface area contributed by atoms with Crippen molar-refractivity contribution in [3.8, 4) is 0 Å². The van der Waals surface area contributed by atoms with Crippen LogP contribution >= 0.6 is 0 Å². The van der Waals surface area contributed by atoms with Crippen LogP contribution in [-0.4, -0.2) is 51.5 Å². The third-order valence-corrected chi connectivity index (χ3v) is 3.55. The Bertz CT molecular complexity index is 536. The molecule has 1 saturated heterocycles. The van der Waals surface area contributed by atoms with Gasteiger partial charge >= 0.3 is 6.09 Å². The van der Waals surface area contributed by atoms with Crippen LogP contribution in [0, 0.1) is 5.92 Å². The van der Waals surface area contributed by atoms with Gasteiger partial charge in [-0.3, -0.25) is 0 Å². The fourth-order valence-corrected chi connectivity index (χ4v) is 2.62. The zero-order valence-corrected chi connectivity index (χ0v) is 14.2. The molecule has 1 aliphatic heterocycles. The summed E-state index contributed by atoms with van der Waals surface area (Å²) in [5.74, 6) is 1.11.